The van der Waals surface area contributed by atoms with E-state index < -0.39 is 0 Å². The predicted octanol–water partition coefficient (Wildman–Crippen LogP) is 5.06. The Bertz CT molecular complexity index is 1080. The van der Waals surface area contributed by atoms with Gasteiger partial charge in [0.1, 0.15) is 0 Å². The summed E-state index contributed by atoms with van der Waals surface area (Å²) in [6.45, 7) is 2.19. The van der Waals surface area contributed by atoms with Gasteiger partial charge in [0.15, 0.2) is 0 Å². The lowest BCUT2D eigenvalue weighted by Gasteiger charge is -2.20. The average molecular weight is 369 g/mol. The van der Waals surface area contributed by atoms with Crippen LogP contribution in [-0.4, -0.2) is 33.9 Å². The second kappa shape index (κ2) is 7.74. The van der Waals surface area contributed by atoms with Crippen molar-refractivity contribution >= 4 is 22.5 Å². The van der Waals surface area contributed by atoms with Gasteiger partial charge in [0.2, 0.25) is 5.95 Å². The van der Waals surface area contributed by atoms with Crippen LogP contribution in [0.4, 0.5) is 11.6 Å². The first-order chi connectivity index (χ1) is 13.6. The topological polar surface area (TPSA) is 53.9 Å². The number of pyridine rings is 1. The SMILES string of the molecule is C[C@H](c1ccc(Nc2ncc3cc(-c4ccncc4)ccc3n2)cc1)N(C)C. The first-order valence-electron chi connectivity index (χ1n) is 9.31. The number of rotatable bonds is 5. The first-order valence-corrected chi connectivity index (χ1v) is 9.31. The molecule has 4 aromatic rings. The number of hydrogen-bond donors (Lipinski definition) is 1. The normalized spacial score (nSPS) is 12.3. The zero-order valence-electron chi connectivity index (χ0n) is 16.3. The molecule has 1 N–H and O–H groups in total. The monoisotopic (exact) mass is 369 g/mol. The van der Waals surface area contributed by atoms with Crippen molar-refractivity contribution in [3.05, 3.63) is 78.8 Å². The van der Waals surface area contributed by atoms with Crippen molar-refractivity contribution in [2.24, 2.45) is 0 Å². The Morgan fingerprint density at radius 3 is 2.36 bits per heavy atom. The lowest BCUT2D eigenvalue weighted by atomic mass is 10.1. The highest BCUT2D eigenvalue weighted by atomic mass is 15.1. The predicted molar refractivity (Wildman–Crippen MR) is 115 cm³/mol. The molecule has 5 heteroatoms. The molecule has 0 saturated carbocycles. The number of nitrogens with one attached hydrogen (secondary N) is 1. The molecule has 0 radical (unpaired) electrons. The van der Waals surface area contributed by atoms with Crippen LogP contribution < -0.4 is 5.32 Å². The molecule has 28 heavy (non-hydrogen) atoms. The highest BCUT2D eigenvalue weighted by Crippen LogP contribution is 2.25. The van der Waals surface area contributed by atoms with Crippen molar-refractivity contribution in [3.63, 3.8) is 0 Å². The number of benzene rings is 2. The van der Waals surface area contributed by atoms with Gasteiger partial charge in [-0.2, -0.15) is 0 Å². The lowest BCUT2D eigenvalue weighted by Crippen LogP contribution is -2.16. The summed E-state index contributed by atoms with van der Waals surface area (Å²) in [5.74, 6) is 0.595. The molecule has 0 bridgehead atoms. The molecule has 0 aliphatic carbocycles. The Morgan fingerprint density at radius 2 is 1.64 bits per heavy atom. The highest BCUT2D eigenvalue weighted by molar-refractivity contribution is 5.84. The van der Waals surface area contributed by atoms with Gasteiger partial charge in [0, 0.05) is 35.7 Å². The Balaban J connectivity index is 1.55. The average Bonchev–Trinajstić information content (AvgIpc) is 2.74. The third-order valence-corrected chi connectivity index (χ3v) is 5.02. The minimum atomic E-state index is 0.376. The van der Waals surface area contributed by atoms with Crippen molar-refractivity contribution in [2.75, 3.05) is 19.4 Å². The van der Waals surface area contributed by atoms with E-state index in [0.717, 1.165) is 27.7 Å². The fourth-order valence-electron chi connectivity index (χ4n) is 3.09. The van der Waals surface area contributed by atoms with Gasteiger partial charge < -0.3 is 10.2 Å². The van der Waals surface area contributed by atoms with Crippen LogP contribution in [0.5, 0.6) is 0 Å². The van der Waals surface area contributed by atoms with Crippen LogP contribution in [0, 0.1) is 0 Å². The van der Waals surface area contributed by atoms with Crippen LogP contribution in [0.1, 0.15) is 18.5 Å². The molecule has 0 amide bonds. The number of hydrogen-bond acceptors (Lipinski definition) is 5. The molecule has 0 unspecified atom stereocenters. The molecule has 2 aromatic carbocycles. The molecule has 2 heterocycles. The van der Waals surface area contributed by atoms with Gasteiger partial charge in [-0.05, 0) is 74.1 Å². The largest absolute Gasteiger partial charge is 0.324 e. The van der Waals surface area contributed by atoms with Gasteiger partial charge in [0.05, 0.1) is 5.52 Å². The number of fused-ring (bicyclic) bond motifs is 1. The summed E-state index contributed by atoms with van der Waals surface area (Å²) in [4.78, 5) is 15.4. The van der Waals surface area contributed by atoms with E-state index in [2.05, 4.69) is 82.6 Å². The summed E-state index contributed by atoms with van der Waals surface area (Å²) < 4.78 is 0. The van der Waals surface area contributed by atoms with Crippen LogP contribution in [0.2, 0.25) is 0 Å². The molecule has 4 rings (SSSR count). The molecule has 0 spiro atoms. The summed E-state index contributed by atoms with van der Waals surface area (Å²) in [5.41, 5.74) is 5.42. The van der Waals surface area contributed by atoms with Crippen molar-refractivity contribution < 1.29 is 0 Å². The third kappa shape index (κ3) is 3.85. The number of nitrogens with zero attached hydrogens (tertiary/aromatic N) is 4. The van der Waals surface area contributed by atoms with E-state index in [1.54, 1.807) is 12.4 Å². The molecular formula is C23H23N5. The number of aromatic nitrogens is 3. The van der Waals surface area contributed by atoms with Gasteiger partial charge in [-0.1, -0.05) is 18.2 Å². The molecule has 0 fully saturated rings. The first kappa shape index (κ1) is 18.1. The fourth-order valence-corrected chi connectivity index (χ4v) is 3.09. The molecule has 5 nitrogen and oxygen atoms in total. The maximum absolute atomic E-state index is 4.65. The minimum Gasteiger partial charge on any atom is -0.324 e. The summed E-state index contributed by atoms with van der Waals surface area (Å²) >= 11 is 0. The smallest absolute Gasteiger partial charge is 0.227 e. The quantitative estimate of drug-likeness (QED) is 0.533. The van der Waals surface area contributed by atoms with E-state index in [0.29, 0.717) is 12.0 Å². The van der Waals surface area contributed by atoms with Gasteiger partial charge >= 0.3 is 0 Å². The Kier molecular flexibility index (Phi) is 5.00. The Hall–Kier alpha value is -3.31. The van der Waals surface area contributed by atoms with Crippen LogP contribution in [0.25, 0.3) is 22.0 Å². The zero-order valence-corrected chi connectivity index (χ0v) is 16.3. The van der Waals surface area contributed by atoms with Crippen molar-refractivity contribution in [1.82, 2.24) is 19.9 Å². The fraction of sp³-hybridized carbons (Fsp3) is 0.174. The van der Waals surface area contributed by atoms with E-state index in [9.17, 15) is 0 Å². The van der Waals surface area contributed by atoms with Crippen LogP contribution in [-0.2, 0) is 0 Å². The second-order valence-corrected chi connectivity index (χ2v) is 7.09. The minimum absolute atomic E-state index is 0.376. The molecule has 2 aromatic heterocycles. The maximum atomic E-state index is 4.65. The van der Waals surface area contributed by atoms with Crippen LogP contribution >= 0.6 is 0 Å². The summed E-state index contributed by atoms with van der Waals surface area (Å²) in [6, 6.07) is 19.0. The van der Waals surface area contributed by atoms with Crippen LogP contribution in [0.15, 0.2) is 73.2 Å². The molecule has 0 aliphatic heterocycles. The van der Waals surface area contributed by atoms with E-state index in [1.807, 2.05) is 24.4 Å². The highest BCUT2D eigenvalue weighted by Gasteiger charge is 2.08. The zero-order chi connectivity index (χ0) is 19.5. The molecule has 1 atom stereocenters. The van der Waals surface area contributed by atoms with E-state index in [1.165, 1.54) is 5.56 Å². The lowest BCUT2D eigenvalue weighted by molar-refractivity contribution is 0.321. The van der Waals surface area contributed by atoms with E-state index in [4.69, 9.17) is 0 Å². The van der Waals surface area contributed by atoms with E-state index >= 15 is 0 Å². The third-order valence-electron chi connectivity index (χ3n) is 5.02. The van der Waals surface area contributed by atoms with Gasteiger partial charge in [-0.25, -0.2) is 9.97 Å². The number of anilines is 2. The van der Waals surface area contributed by atoms with Crippen molar-refractivity contribution in [3.8, 4) is 11.1 Å². The van der Waals surface area contributed by atoms with Crippen LogP contribution in [0.3, 0.4) is 0 Å². The van der Waals surface area contributed by atoms with Gasteiger partial charge in [-0.15, -0.1) is 0 Å². The Morgan fingerprint density at radius 1 is 0.893 bits per heavy atom. The molecule has 140 valence electrons. The molecule has 0 aliphatic rings. The van der Waals surface area contributed by atoms with Crippen molar-refractivity contribution in [2.45, 2.75) is 13.0 Å². The standard InChI is InChI=1S/C23H23N5/c1-16(28(2)3)17-4-7-21(8-5-17)26-23-25-15-20-14-19(6-9-22(20)27-23)18-10-12-24-13-11-18/h4-16H,1-3H3,(H,25,26,27)/t16-/m1/s1. The second-order valence-electron chi connectivity index (χ2n) is 7.09. The summed E-state index contributed by atoms with van der Waals surface area (Å²) in [7, 11) is 4.17. The van der Waals surface area contributed by atoms with Gasteiger partial charge in [-0.3, -0.25) is 4.98 Å². The molecular weight excluding hydrogens is 346 g/mol. The Labute approximate surface area is 165 Å². The van der Waals surface area contributed by atoms with Crippen molar-refractivity contribution in [1.29, 1.82) is 0 Å². The van der Waals surface area contributed by atoms with E-state index in [-0.39, 0.29) is 0 Å². The molecule has 0 saturated heterocycles. The van der Waals surface area contributed by atoms with Gasteiger partial charge in [0.25, 0.3) is 0 Å². The summed E-state index contributed by atoms with van der Waals surface area (Å²) in [5, 5.41) is 4.30. The maximum Gasteiger partial charge on any atom is 0.227 e. The summed E-state index contributed by atoms with van der Waals surface area (Å²) in [6.07, 6.45) is 5.46.